The van der Waals surface area contributed by atoms with Crippen molar-refractivity contribution in [2.75, 3.05) is 7.11 Å². The van der Waals surface area contributed by atoms with Crippen molar-refractivity contribution < 1.29 is 9.53 Å². The summed E-state index contributed by atoms with van der Waals surface area (Å²) in [7, 11) is 1.32. The van der Waals surface area contributed by atoms with Gasteiger partial charge in [-0.3, -0.25) is 4.79 Å². The highest BCUT2D eigenvalue weighted by atomic mass is 35.5. The fourth-order valence-electron chi connectivity index (χ4n) is 1.05. The summed E-state index contributed by atoms with van der Waals surface area (Å²) in [6.45, 7) is 0. The van der Waals surface area contributed by atoms with Crippen LogP contribution in [-0.4, -0.2) is 18.1 Å². The zero-order chi connectivity index (χ0) is 10.6. The SMILES string of the molecule is COC(=O)C[C@@H](N)c1cccnc1Cl. The van der Waals surface area contributed by atoms with Gasteiger partial charge in [-0.1, -0.05) is 17.7 Å². The highest BCUT2D eigenvalue weighted by Crippen LogP contribution is 2.20. The summed E-state index contributed by atoms with van der Waals surface area (Å²) in [6.07, 6.45) is 1.67. The Hall–Kier alpha value is -1.13. The van der Waals surface area contributed by atoms with Crippen LogP contribution < -0.4 is 5.73 Å². The number of rotatable bonds is 3. The van der Waals surface area contributed by atoms with Gasteiger partial charge in [-0.15, -0.1) is 0 Å². The normalized spacial score (nSPS) is 12.2. The predicted molar refractivity (Wildman–Crippen MR) is 52.8 cm³/mol. The van der Waals surface area contributed by atoms with E-state index in [-0.39, 0.29) is 12.4 Å². The Bertz CT molecular complexity index is 330. The third kappa shape index (κ3) is 2.68. The summed E-state index contributed by atoms with van der Waals surface area (Å²) in [5.74, 6) is -0.364. The molecule has 2 N–H and O–H groups in total. The van der Waals surface area contributed by atoms with Gasteiger partial charge in [-0.05, 0) is 6.07 Å². The number of hydrogen-bond acceptors (Lipinski definition) is 4. The molecule has 0 radical (unpaired) electrons. The van der Waals surface area contributed by atoms with Crippen LogP contribution >= 0.6 is 11.6 Å². The maximum atomic E-state index is 10.9. The van der Waals surface area contributed by atoms with Gasteiger partial charge in [-0.25, -0.2) is 4.98 Å². The number of aromatic nitrogens is 1. The van der Waals surface area contributed by atoms with Gasteiger partial charge < -0.3 is 10.5 Å². The average molecular weight is 215 g/mol. The summed E-state index contributed by atoms with van der Waals surface area (Å²) >= 11 is 5.80. The number of methoxy groups -OCH3 is 1. The molecule has 76 valence electrons. The van der Waals surface area contributed by atoms with Crippen molar-refractivity contribution in [2.24, 2.45) is 5.73 Å². The molecule has 0 unspecified atom stereocenters. The number of hydrogen-bond donors (Lipinski definition) is 1. The van der Waals surface area contributed by atoms with Gasteiger partial charge in [0.15, 0.2) is 0 Å². The number of halogens is 1. The van der Waals surface area contributed by atoms with Gasteiger partial charge in [0.1, 0.15) is 5.15 Å². The minimum atomic E-state index is -0.469. The van der Waals surface area contributed by atoms with Crippen LogP contribution in [0.3, 0.4) is 0 Å². The van der Waals surface area contributed by atoms with Gasteiger partial charge in [0.25, 0.3) is 0 Å². The number of nitrogens with two attached hydrogens (primary N) is 1. The van der Waals surface area contributed by atoms with E-state index in [1.165, 1.54) is 7.11 Å². The number of carbonyl (C=O) groups excluding carboxylic acids is 1. The summed E-state index contributed by atoms with van der Waals surface area (Å²) in [4.78, 5) is 14.8. The van der Waals surface area contributed by atoms with Crippen molar-refractivity contribution in [1.29, 1.82) is 0 Å². The van der Waals surface area contributed by atoms with E-state index in [1.54, 1.807) is 18.3 Å². The summed E-state index contributed by atoms with van der Waals surface area (Å²) in [6, 6.07) is 2.99. The van der Waals surface area contributed by atoms with Gasteiger partial charge in [0, 0.05) is 17.8 Å². The molecule has 0 amide bonds. The van der Waals surface area contributed by atoms with Gasteiger partial charge in [-0.2, -0.15) is 0 Å². The molecule has 0 spiro atoms. The molecule has 0 aliphatic heterocycles. The third-order valence-electron chi connectivity index (χ3n) is 1.80. The van der Waals surface area contributed by atoms with Crippen LogP contribution in [0.2, 0.25) is 5.15 Å². The zero-order valence-corrected chi connectivity index (χ0v) is 8.49. The number of nitrogens with zero attached hydrogens (tertiary/aromatic N) is 1. The van der Waals surface area contributed by atoms with Crippen molar-refractivity contribution in [3.63, 3.8) is 0 Å². The van der Waals surface area contributed by atoms with Crippen molar-refractivity contribution in [2.45, 2.75) is 12.5 Å². The molecule has 0 saturated heterocycles. The molecule has 1 aromatic rings. The Balaban J connectivity index is 2.74. The fourth-order valence-corrected chi connectivity index (χ4v) is 1.31. The van der Waals surface area contributed by atoms with Crippen LogP contribution in [0, 0.1) is 0 Å². The molecule has 0 saturated carbocycles. The Morgan fingerprint density at radius 1 is 1.79 bits per heavy atom. The summed E-state index contributed by atoms with van der Waals surface area (Å²) in [5.41, 5.74) is 6.40. The van der Waals surface area contributed by atoms with Gasteiger partial charge >= 0.3 is 5.97 Å². The van der Waals surface area contributed by atoms with E-state index in [0.29, 0.717) is 10.7 Å². The molecule has 0 aliphatic carbocycles. The lowest BCUT2D eigenvalue weighted by Crippen LogP contribution is -2.16. The first-order valence-corrected chi connectivity index (χ1v) is 4.45. The molecule has 4 nitrogen and oxygen atoms in total. The molecule has 0 aliphatic rings. The Morgan fingerprint density at radius 3 is 3.07 bits per heavy atom. The van der Waals surface area contributed by atoms with E-state index in [9.17, 15) is 4.79 Å². The molecule has 1 heterocycles. The molecule has 1 aromatic heterocycles. The number of esters is 1. The molecular weight excluding hydrogens is 204 g/mol. The molecule has 0 fully saturated rings. The molecule has 0 aromatic carbocycles. The Kier molecular flexibility index (Phi) is 3.85. The molecule has 1 atom stereocenters. The van der Waals surface area contributed by atoms with E-state index < -0.39 is 6.04 Å². The van der Waals surface area contributed by atoms with Gasteiger partial charge in [0.05, 0.1) is 13.5 Å². The van der Waals surface area contributed by atoms with E-state index >= 15 is 0 Å². The van der Waals surface area contributed by atoms with Crippen molar-refractivity contribution in [3.05, 3.63) is 29.0 Å². The monoisotopic (exact) mass is 214 g/mol. The van der Waals surface area contributed by atoms with Crippen molar-refractivity contribution in [3.8, 4) is 0 Å². The van der Waals surface area contributed by atoms with Crippen molar-refractivity contribution in [1.82, 2.24) is 4.98 Å². The lowest BCUT2D eigenvalue weighted by molar-refractivity contribution is -0.141. The molecule has 14 heavy (non-hydrogen) atoms. The highest BCUT2D eigenvalue weighted by Gasteiger charge is 2.14. The fraction of sp³-hybridized carbons (Fsp3) is 0.333. The first-order chi connectivity index (χ1) is 6.65. The van der Waals surface area contributed by atoms with Crippen LogP contribution in [0.25, 0.3) is 0 Å². The van der Waals surface area contributed by atoms with E-state index in [0.717, 1.165) is 0 Å². The lowest BCUT2D eigenvalue weighted by Gasteiger charge is -2.10. The maximum absolute atomic E-state index is 10.9. The van der Waals surface area contributed by atoms with Crippen LogP contribution in [0.4, 0.5) is 0 Å². The second-order valence-electron chi connectivity index (χ2n) is 2.77. The van der Waals surface area contributed by atoms with Crippen LogP contribution in [0.5, 0.6) is 0 Å². The maximum Gasteiger partial charge on any atom is 0.307 e. The lowest BCUT2D eigenvalue weighted by atomic mass is 10.1. The summed E-state index contributed by atoms with van der Waals surface area (Å²) < 4.78 is 4.50. The largest absolute Gasteiger partial charge is 0.469 e. The van der Waals surface area contributed by atoms with Crippen LogP contribution in [-0.2, 0) is 9.53 Å². The molecule has 1 rings (SSSR count). The number of ether oxygens (including phenoxy) is 1. The van der Waals surface area contributed by atoms with Crippen LogP contribution in [0.1, 0.15) is 18.0 Å². The number of pyridine rings is 1. The Morgan fingerprint density at radius 2 is 2.50 bits per heavy atom. The topological polar surface area (TPSA) is 65.2 Å². The quantitative estimate of drug-likeness (QED) is 0.609. The van der Waals surface area contributed by atoms with Crippen molar-refractivity contribution >= 4 is 17.6 Å². The molecular formula is C9H11ClN2O2. The van der Waals surface area contributed by atoms with Gasteiger partial charge in [0.2, 0.25) is 0 Å². The third-order valence-corrected chi connectivity index (χ3v) is 2.12. The second kappa shape index (κ2) is 4.93. The first kappa shape index (κ1) is 10.9. The van der Waals surface area contributed by atoms with Crippen LogP contribution in [0.15, 0.2) is 18.3 Å². The van der Waals surface area contributed by atoms with E-state index in [2.05, 4.69) is 9.72 Å². The average Bonchev–Trinajstić information content (AvgIpc) is 2.18. The Labute approximate surface area is 87.0 Å². The minimum Gasteiger partial charge on any atom is -0.469 e. The molecule has 0 bridgehead atoms. The smallest absolute Gasteiger partial charge is 0.307 e. The minimum absolute atomic E-state index is 0.0991. The summed E-state index contributed by atoms with van der Waals surface area (Å²) in [5, 5.41) is 0.323. The first-order valence-electron chi connectivity index (χ1n) is 4.08. The zero-order valence-electron chi connectivity index (χ0n) is 7.74. The van der Waals surface area contributed by atoms with E-state index in [4.69, 9.17) is 17.3 Å². The predicted octanol–water partition coefficient (Wildman–Crippen LogP) is 1.30. The standard InChI is InChI=1S/C9H11ClN2O2/c1-14-8(13)5-7(11)6-3-2-4-12-9(6)10/h2-4,7H,5,11H2,1H3/t7-/m1/s1. The molecule has 5 heteroatoms. The highest BCUT2D eigenvalue weighted by molar-refractivity contribution is 6.30. The van der Waals surface area contributed by atoms with E-state index in [1.807, 2.05) is 0 Å². The number of carbonyl (C=O) groups is 1. The second-order valence-corrected chi connectivity index (χ2v) is 3.13.